The van der Waals surface area contributed by atoms with Crippen molar-refractivity contribution in [3.8, 4) is 17.1 Å². The Morgan fingerprint density at radius 3 is 2.59 bits per heavy atom. The molecule has 1 aliphatic rings. The molecule has 0 amide bonds. The zero-order valence-corrected chi connectivity index (χ0v) is 24.5. The summed E-state index contributed by atoms with van der Waals surface area (Å²) in [7, 11) is 0. The average Bonchev–Trinajstić information content (AvgIpc) is 3.51. The molecular formula is C33H27ClF3N3O4. The smallest absolute Gasteiger partial charge is 0.335 e. The van der Waals surface area contributed by atoms with E-state index in [1.807, 2.05) is 18.4 Å². The van der Waals surface area contributed by atoms with Gasteiger partial charge >= 0.3 is 5.97 Å². The van der Waals surface area contributed by atoms with Crippen LogP contribution in [-0.2, 0) is 17.8 Å². The van der Waals surface area contributed by atoms with Crippen LogP contribution in [0.2, 0.25) is 5.02 Å². The first kappa shape index (κ1) is 29.7. The fourth-order valence-corrected chi connectivity index (χ4v) is 5.68. The van der Waals surface area contributed by atoms with E-state index in [9.17, 15) is 14.3 Å². The van der Waals surface area contributed by atoms with Gasteiger partial charge in [0.25, 0.3) is 0 Å². The van der Waals surface area contributed by atoms with Gasteiger partial charge in [-0.25, -0.2) is 27.9 Å². The maximum atomic E-state index is 15.6. The number of hydrogen-bond acceptors (Lipinski definition) is 5. The number of nitrogens with zero attached hydrogens (tertiary/aromatic N) is 3. The Morgan fingerprint density at radius 1 is 1.05 bits per heavy atom. The van der Waals surface area contributed by atoms with Crippen molar-refractivity contribution in [1.29, 1.82) is 0 Å². The number of pyridine rings is 1. The van der Waals surface area contributed by atoms with Gasteiger partial charge in [0.2, 0.25) is 5.88 Å². The summed E-state index contributed by atoms with van der Waals surface area (Å²) in [5.41, 5.74) is 1.65. The second kappa shape index (κ2) is 11.6. The van der Waals surface area contributed by atoms with Crippen molar-refractivity contribution in [3.63, 3.8) is 0 Å². The van der Waals surface area contributed by atoms with Crippen molar-refractivity contribution >= 4 is 28.6 Å². The Bertz CT molecular complexity index is 1910. The zero-order valence-electron chi connectivity index (χ0n) is 23.8. The lowest BCUT2D eigenvalue weighted by atomic mass is 9.87. The van der Waals surface area contributed by atoms with E-state index >= 15 is 8.78 Å². The van der Waals surface area contributed by atoms with Crippen molar-refractivity contribution in [3.05, 3.63) is 112 Å². The Balaban J connectivity index is 1.31. The molecule has 5 aromatic rings. The molecule has 3 aromatic carbocycles. The first-order valence-electron chi connectivity index (χ1n) is 13.8. The maximum Gasteiger partial charge on any atom is 0.335 e. The number of carbonyl (C=O) groups is 1. The van der Waals surface area contributed by atoms with Crippen molar-refractivity contribution in [2.75, 3.05) is 13.2 Å². The first-order valence-corrected chi connectivity index (χ1v) is 14.2. The van der Waals surface area contributed by atoms with Crippen LogP contribution in [0.15, 0.2) is 66.7 Å². The summed E-state index contributed by atoms with van der Waals surface area (Å²) in [4.78, 5) is 20.7. The third-order valence-electron chi connectivity index (χ3n) is 7.85. The van der Waals surface area contributed by atoms with Gasteiger partial charge < -0.3 is 19.1 Å². The summed E-state index contributed by atoms with van der Waals surface area (Å²) < 4.78 is 57.9. The van der Waals surface area contributed by atoms with Crippen LogP contribution in [-0.4, -0.2) is 38.8 Å². The largest absolute Gasteiger partial charge is 0.478 e. The maximum absolute atomic E-state index is 15.6. The lowest BCUT2D eigenvalue weighted by Gasteiger charge is -2.28. The molecule has 7 nitrogen and oxygen atoms in total. The number of aromatic carboxylic acids is 1. The second-order valence-corrected chi connectivity index (χ2v) is 11.8. The number of carboxylic acids is 1. The summed E-state index contributed by atoms with van der Waals surface area (Å²) in [5.74, 6) is -2.27. The molecule has 11 heteroatoms. The Labute approximate surface area is 255 Å². The molecule has 1 saturated heterocycles. The second-order valence-electron chi connectivity index (χ2n) is 11.4. The fraction of sp³-hybridized carbons (Fsp3) is 0.242. The summed E-state index contributed by atoms with van der Waals surface area (Å²) >= 11 is 6.07. The van der Waals surface area contributed by atoms with Crippen LogP contribution in [0, 0.1) is 22.9 Å². The van der Waals surface area contributed by atoms with Gasteiger partial charge in [0.1, 0.15) is 29.9 Å². The Hall–Kier alpha value is -4.41. The standard InChI is InChI=1S/C33H27ClF3N3O4/c1-33(2)17-43-16-29(33)40-28-11-18(32(41)42)7-9-27(28)38-30(40)12-20-10-25(37)22(14-24(20)36)26-4-3-5-31(39-26)44-15-19-6-8-21(35)13-23(19)34/h3-11,13-14,29H,12,15-17H2,1-2H3,(H,41,42)/t29-/m1/s1. The highest BCUT2D eigenvalue weighted by Crippen LogP contribution is 2.40. The highest BCUT2D eigenvalue weighted by atomic mass is 35.5. The molecule has 0 bridgehead atoms. The number of halogens is 4. The van der Waals surface area contributed by atoms with Crippen LogP contribution in [0.1, 0.15) is 47.2 Å². The van der Waals surface area contributed by atoms with Gasteiger partial charge in [0, 0.05) is 29.0 Å². The number of benzene rings is 3. The molecule has 0 spiro atoms. The lowest BCUT2D eigenvalue weighted by Crippen LogP contribution is -2.27. The minimum atomic E-state index is -1.07. The minimum Gasteiger partial charge on any atom is -0.478 e. The van der Waals surface area contributed by atoms with Gasteiger partial charge in [-0.2, -0.15) is 0 Å². The Kier molecular flexibility index (Phi) is 7.81. The van der Waals surface area contributed by atoms with E-state index < -0.39 is 23.4 Å². The quantitative estimate of drug-likeness (QED) is 0.192. The van der Waals surface area contributed by atoms with Crippen LogP contribution in [0.4, 0.5) is 13.2 Å². The summed E-state index contributed by atoms with van der Waals surface area (Å²) in [5, 5.41) is 9.77. The van der Waals surface area contributed by atoms with Crippen molar-refractivity contribution in [2.45, 2.75) is 32.9 Å². The fourth-order valence-electron chi connectivity index (χ4n) is 5.45. The number of imidazole rings is 1. The predicted octanol–water partition coefficient (Wildman–Crippen LogP) is 7.63. The van der Waals surface area contributed by atoms with Crippen molar-refractivity contribution < 1.29 is 32.5 Å². The molecule has 1 aliphatic heterocycles. The van der Waals surface area contributed by atoms with E-state index in [2.05, 4.69) is 4.98 Å². The van der Waals surface area contributed by atoms with E-state index in [0.29, 0.717) is 35.6 Å². The van der Waals surface area contributed by atoms with Crippen LogP contribution >= 0.6 is 11.6 Å². The van der Waals surface area contributed by atoms with Gasteiger partial charge in [-0.1, -0.05) is 37.6 Å². The molecule has 1 N–H and O–H groups in total. The molecule has 6 rings (SSSR count). The highest BCUT2D eigenvalue weighted by molar-refractivity contribution is 6.31. The van der Waals surface area contributed by atoms with Crippen LogP contribution < -0.4 is 4.74 Å². The molecule has 1 atom stereocenters. The van der Waals surface area contributed by atoms with E-state index in [0.717, 1.165) is 12.1 Å². The molecule has 0 unspecified atom stereocenters. The van der Waals surface area contributed by atoms with E-state index in [1.54, 1.807) is 24.3 Å². The van der Waals surface area contributed by atoms with Crippen molar-refractivity contribution in [1.82, 2.24) is 14.5 Å². The number of aromatic nitrogens is 3. The lowest BCUT2D eigenvalue weighted by molar-refractivity contribution is 0.0697. The minimum absolute atomic E-state index is 0.00312. The molecule has 2 aromatic heterocycles. The summed E-state index contributed by atoms with van der Waals surface area (Å²) in [6, 6.07) is 15.3. The molecule has 1 fully saturated rings. The van der Waals surface area contributed by atoms with Gasteiger partial charge in [0.05, 0.1) is 46.6 Å². The van der Waals surface area contributed by atoms with Gasteiger partial charge in [-0.3, -0.25) is 0 Å². The monoisotopic (exact) mass is 621 g/mol. The molecule has 3 heterocycles. The SMILES string of the molecule is CC1(C)COC[C@H]1n1c(Cc2cc(F)c(-c3cccc(OCc4ccc(F)cc4Cl)n3)cc2F)nc2ccc(C(=O)O)cc21. The third kappa shape index (κ3) is 5.75. The van der Waals surface area contributed by atoms with Gasteiger partial charge in [-0.05, 0) is 54.1 Å². The molecule has 226 valence electrons. The third-order valence-corrected chi connectivity index (χ3v) is 8.20. The number of carboxylic acid groups (broad SMARTS) is 1. The van der Waals surface area contributed by atoms with E-state index in [4.69, 9.17) is 26.1 Å². The average molecular weight is 622 g/mol. The highest BCUT2D eigenvalue weighted by Gasteiger charge is 2.39. The number of rotatable bonds is 8. The molecule has 0 aliphatic carbocycles. The van der Waals surface area contributed by atoms with Gasteiger partial charge in [-0.15, -0.1) is 0 Å². The first-order chi connectivity index (χ1) is 21.0. The molecule has 44 heavy (non-hydrogen) atoms. The van der Waals surface area contributed by atoms with Crippen LogP contribution in [0.3, 0.4) is 0 Å². The predicted molar refractivity (Wildman–Crippen MR) is 158 cm³/mol. The Morgan fingerprint density at radius 2 is 1.86 bits per heavy atom. The summed E-state index contributed by atoms with van der Waals surface area (Å²) in [6.07, 6.45) is -0.0400. The van der Waals surface area contributed by atoms with E-state index in [1.165, 1.54) is 30.3 Å². The molecule has 0 saturated carbocycles. The van der Waals surface area contributed by atoms with Crippen molar-refractivity contribution in [2.24, 2.45) is 5.41 Å². The van der Waals surface area contributed by atoms with Crippen LogP contribution in [0.5, 0.6) is 5.88 Å². The number of ether oxygens (including phenoxy) is 2. The topological polar surface area (TPSA) is 86.5 Å². The normalized spacial score (nSPS) is 16.0. The molecular weight excluding hydrogens is 595 g/mol. The number of hydrogen-bond donors (Lipinski definition) is 1. The zero-order chi connectivity index (χ0) is 31.2. The number of fused-ring (bicyclic) bond motifs is 1. The summed E-state index contributed by atoms with van der Waals surface area (Å²) in [6.45, 7) is 4.93. The van der Waals surface area contributed by atoms with E-state index in [-0.39, 0.29) is 57.8 Å². The van der Waals surface area contributed by atoms with Gasteiger partial charge in [0.15, 0.2) is 0 Å². The van der Waals surface area contributed by atoms with Crippen LogP contribution in [0.25, 0.3) is 22.3 Å². The molecule has 0 radical (unpaired) electrons.